The summed E-state index contributed by atoms with van der Waals surface area (Å²) in [5, 5.41) is 2.70. The Morgan fingerprint density at radius 3 is 2.39 bits per heavy atom. The largest absolute Gasteiger partial charge is 0.416 e. The number of ketones is 1. The molecule has 1 atom stereocenters. The molecule has 0 saturated heterocycles. The zero-order valence-electron chi connectivity index (χ0n) is 16.2. The van der Waals surface area contributed by atoms with Crippen molar-refractivity contribution in [3.63, 3.8) is 0 Å². The first kappa shape index (κ1) is 21.6. The van der Waals surface area contributed by atoms with Gasteiger partial charge in [-0.2, -0.15) is 13.2 Å². The van der Waals surface area contributed by atoms with Gasteiger partial charge in [0.1, 0.15) is 5.78 Å². The number of amides is 1. The van der Waals surface area contributed by atoms with E-state index in [1.807, 2.05) is 0 Å². The van der Waals surface area contributed by atoms with Gasteiger partial charge >= 0.3 is 6.18 Å². The van der Waals surface area contributed by atoms with Gasteiger partial charge in [0.25, 0.3) is 5.91 Å². The molecule has 2 aromatic rings. The van der Waals surface area contributed by atoms with E-state index in [0.717, 1.165) is 12.1 Å². The van der Waals surface area contributed by atoms with E-state index in [1.165, 1.54) is 12.1 Å². The van der Waals surface area contributed by atoms with Crippen LogP contribution in [0.4, 0.5) is 13.2 Å². The molecule has 1 N–H and O–H groups in total. The molecule has 0 aliphatic rings. The normalized spacial score (nSPS) is 12.7. The first-order chi connectivity index (χ1) is 13.0. The summed E-state index contributed by atoms with van der Waals surface area (Å²) in [6.07, 6.45) is -4.32. The lowest BCUT2D eigenvalue weighted by Gasteiger charge is -2.17. The Labute approximate surface area is 162 Å². The van der Waals surface area contributed by atoms with Gasteiger partial charge in [0.05, 0.1) is 11.6 Å². The van der Waals surface area contributed by atoms with E-state index in [2.05, 4.69) is 10.3 Å². The molecule has 0 spiro atoms. The lowest BCUT2D eigenvalue weighted by Crippen LogP contribution is -2.27. The maximum atomic E-state index is 12.9. The molecule has 0 radical (unpaired) electrons. The topological polar surface area (TPSA) is 59.1 Å². The molecule has 28 heavy (non-hydrogen) atoms. The van der Waals surface area contributed by atoms with Crippen LogP contribution in [0.3, 0.4) is 0 Å². The fraction of sp³-hybridized carbons (Fsp3) is 0.381. The van der Waals surface area contributed by atoms with Gasteiger partial charge in [-0.3, -0.25) is 14.6 Å². The number of pyridine rings is 1. The van der Waals surface area contributed by atoms with E-state index in [1.54, 1.807) is 39.8 Å². The van der Waals surface area contributed by atoms with Crippen LogP contribution in [0.15, 0.2) is 36.4 Å². The number of alkyl halides is 3. The smallest absolute Gasteiger partial charge is 0.346 e. The van der Waals surface area contributed by atoms with Crippen LogP contribution < -0.4 is 5.32 Å². The zero-order chi connectivity index (χ0) is 21.1. The minimum Gasteiger partial charge on any atom is -0.346 e. The molecule has 4 nitrogen and oxygen atoms in total. The maximum absolute atomic E-state index is 12.9. The monoisotopic (exact) mass is 392 g/mol. The van der Waals surface area contributed by atoms with E-state index in [9.17, 15) is 22.8 Å². The molecule has 2 rings (SSSR count). The van der Waals surface area contributed by atoms with Gasteiger partial charge in [0.2, 0.25) is 0 Å². The second kappa shape index (κ2) is 8.54. The van der Waals surface area contributed by atoms with Crippen LogP contribution >= 0.6 is 0 Å². The fourth-order valence-corrected chi connectivity index (χ4v) is 2.69. The van der Waals surface area contributed by atoms with Crippen LogP contribution in [0.25, 0.3) is 0 Å². The van der Waals surface area contributed by atoms with Crippen LogP contribution in [0.5, 0.6) is 0 Å². The number of carbonyl (C=O) groups is 2. The number of nitrogens with one attached hydrogen (secondary N) is 1. The van der Waals surface area contributed by atoms with Gasteiger partial charge in [-0.1, -0.05) is 26.0 Å². The minimum atomic E-state index is -4.44. The molecule has 0 fully saturated rings. The van der Waals surface area contributed by atoms with Gasteiger partial charge in [-0.25, -0.2) is 0 Å². The Balaban J connectivity index is 2.18. The Kier molecular flexibility index (Phi) is 6.59. The molecule has 0 saturated carbocycles. The molecule has 0 aliphatic heterocycles. The first-order valence-electron chi connectivity index (χ1n) is 8.95. The van der Waals surface area contributed by atoms with Crippen LogP contribution in [-0.4, -0.2) is 16.7 Å². The van der Waals surface area contributed by atoms with Crippen molar-refractivity contribution in [1.29, 1.82) is 0 Å². The van der Waals surface area contributed by atoms with E-state index >= 15 is 0 Å². The van der Waals surface area contributed by atoms with Crippen LogP contribution in [0, 0.1) is 12.8 Å². The molecule has 1 amide bonds. The highest BCUT2D eigenvalue weighted by atomic mass is 19.4. The summed E-state index contributed by atoms with van der Waals surface area (Å²) in [5.41, 5.74) is 0.990. The van der Waals surface area contributed by atoms with E-state index in [4.69, 9.17) is 0 Å². The van der Waals surface area contributed by atoms with Gasteiger partial charge in [-0.15, -0.1) is 0 Å². The number of nitrogens with zero attached hydrogens (tertiary/aromatic N) is 1. The van der Waals surface area contributed by atoms with Crippen molar-refractivity contribution in [3.8, 4) is 0 Å². The Hall–Kier alpha value is -2.70. The van der Waals surface area contributed by atoms with Crippen molar-refractivity contribution in [2.24, 2.45) is 5.92 Å². The molecular formula is C21H23F3N2O2. The number of hydrogen-bond acceptors (Lipinski definition) is 3. The fourth-order valence-electron chi connectivity index (χ4n) is 2.69. The summed E-state index contributed by atoms with van der Waals surface area (Å²) in [5.74, 6) is -0.559. The third-order valence-corrected chi connectivity index (χ3v) is 4.33. The second-order valence-corrected chi connectivity index (χ2v) is 7.10. The summed E-state index contributed by atoms with van der Waals surface area (Å²) in [4.78, 5) is 28.8. The summed E-state index contributed by atoms with van der Waals surface area (Å²) >= 11 is 0. The van der Waals surface area contributed by atoms with Gasteiger partial charge in [0, 0.05) is 29.3 Å². The maximum Gasteiger partial charge on any atom is 0.416 e. The van der Waals surface area contributed by atoms with Crippen LogP contribution in [0.1, 0.15) is 59.7 Å². The van der Waals surface area contributed by atoms with Crippen molar-refractivity contribution in [2.75, 3.05) is 0 Å². The Morgan fingerprint density at radius 1 is 1.11 bits per heavy atom. The lowest BCUT2D eigenvalue weighted by molar-refractivity contribution is -0.137. The predicted octanol–water partition coefficient (Wildman–Crippen LogP) is 4.67. The number of aromatic nitrogens is 1. The molecule has 150 valence electrons. The van der Waals surface area contributed by atoms with E-state index in [-0.39, 0.29) is 18.1 Å². The molecular weight excluding hydrogens is 369 g/mol. The van der Waals surface area contributed by atoms with Crippen molar-refractivity contribution >= 4 is 11.7 Å². The quantitative estimate of drug-likeness (QED) is 0.777. The Morgan fingerprint density at radius 2 is 1.79 bits per heavy atom. The summed E-state index contributed by atoms with van der Waals surface area (Å²) < 4.78 is 38.7. The third kappa shape index (κ3) is 5.65. The number of rotatable bonds is 6. The van der Waals surface area contributed by atoms with Crippen molar-refractivity contribution < 1.29 is 22.8 Å². The highest BCUT2D eigenvalue weighted by Gasteiger charge is 2.30. The molecule has 1 aromatic carbocycles. The van der Waals surface area contributed by atoms with Crippen LogP contribution in [-0.2, 0) is 17.4 Å². The first-order valence-corrected chi connectivity index (χ1v) is 8.95. The standard InChI is InChI=1S/C21H23F3N2O2/c1-12(2)19(27)11-18-10-16(8-13(3)25-18)20(28)26-14(4)15-6-5-7-17(9-15)21(22,23)24/h5-10,12,14H,11H2,1-4H3,(H,26,28)/t14-/m1/s1. The number of carbonyl (C=O) groups excluding carboxylic acids is 2. The summed E-state index contributed by atoms with van der Waals surface area (Å²) in [7, 11) is 0. The molecule has 0 aliphatic carbocycles. The predicted molar refractivity (Wildman–Crippen MR) is 99.8 cm³/mol. The van der Waals surface area contributed by atoms with Gasteiger partial charge in [-0.05, 0) is 43.7 Å². The number of hydrogen-bond donors (Lipinski definition) is 1. The molecule has 0 unspecified atom stereocenters. The lowest BCUT2D eigenvalue weighted by atomic mass is 10.0. The van der Waals surface area contributed by atoms with E-state index in [0.29, 0.717) is 22.5 Å². The SMILES string of the molecule is Cc1cc(C(=O)N[C@H](C)c2cccc(C(F)(F)F)c2)cc(CC(=O)C(C)C)n1. The number of Topliss-reactive ketones (excluding diaryl/α,β-unsaturated/α-hetero) is 1. The highest BCUT2D eigenvalue weighted by Crippen LogP contribution is 2.30. The molecule has 1 heterocycles. The molecule has 7 heteroatoms. The van der Waals surface area contributed by atoms with Gasteiger partial charge in [0.15, 0.2) is 0 Å². The van der Waals surface area contributed by atoms with Crippen molar-refractivity contribution in [3.05, 3.63) is 64.5 Å². The van der Waals surface area contributed by atoms with Crippen LogP contribution in [0.2, 0.25) is 0 Å². The highest BCUT2D eigenvalue weighted by molar-refractivity contribution is 5.95. The van der Waals surface area contributed by atoms with Crippen molar-refractivity contribution in [2.45, 2.75) is 46.3 Å². The Bertz CT molecular complexity index is 876. The van der Waals surface area contributed by atoms with Crippen molar-refractivity contribution in [1.82, 2.24) is 10.3 Å². The average molecular weight is 392 g/mol. The van der Waals surface area contributed by atoms with Gasteiger partial charge < -0.3 is 5.32 Å². The number of benzene rings is 1. The third-order valence-electron chi connectivity index (χ3n) is 4.33. The summed E-state index contributed by atoms with van der Waals surface area (Å²) in [6.45, 7) is 6.92. The number of halogens is 3. The summed E-state index contributed by atoms with van der Waals surface area (Å²) in [6, 6.07) is 7.36. The molecule has 0 bridgehead atoms. The minimum absolute atomic E-state index is 0.0155. The number of aryl methyl sites for hydroxylation is 1. The average Bonchev–Trinajstić information content (AvgIpc) is 2.60. The zero-order valence-corrected chi connectivity index (χ0v) is 16.2. The molecule has 1 aromatic heterocycles. The second-order valence-electron chi connectivity index (χ2n) is 7.10. The van der Waals surface area contributed by atoms with E-state index < -0.39 is 23.7 Å².